The van der Waals surface area contributed by atoms with Crippen LogP contribution in [0.4, 0.5) is 0 Å². The summed E-state index contributed by atoms with van der Waals surface area (Å²) >= 11 is 0. The third-order valence-corrected chi connectivity index (χ3v) is 5.76. The third-order valence-electron chi connectivity index (χ3n) is 5.76. The molecule has 0 unspecified atom stereocenters. The van der Waals surface area contributed by atoms with Crippen molar-refractivity contribution >= 4 is 0 Å². The van der Waals surface area contributed by atoms with Crippen molar-refractivity contribution in [1.82, 2.24) is 10.2 Å². The molecule has 1 aliphatic carbocycles. The third kappa shape index (κ3) is 5.25. The maximum atomic E-state index is 3.75. The highest BCUT2D eigenvalue weighted by molar-refractivity contribution is 4.92. The van der Waals surface area contributed by atoms with Crippen LogP contribution in [-0.4, -0.2) is 37.1 Å². The fraction of sp³-hybridized carbons (Fsp3) is 1.00. The Morgan fingerprint density at radius 3 is 2.38 bits per heavy atom. The average molecular weight is 295 g/mol. The minimum atomic E-state index is 0.521. The van der Waals surface area contributed by atoms with Crippen molar-refractivity contribution in [3.63, 3.8) is 0 Å². The summed E-state index contributed by atoms with van der Waals surface area (Å²) in [6, 6.07) is 0.610. The Balaban J connectivity index is 1.98. The second kappa shape index (κ2) is 7.00. The molecule has 0 aromatic heterocycles. The Morgan fingerprint density at radius 2 is 1.81 bits per heavy atom. The first-order valence-electron chi connectivity index (χ1n) is 9.26. The van der Waals surface area contributed by atoms with Gasteiger partial charge in [0.15, 0.2) is 0 Å². The highest BCUT2D eigenvalue weighted by Crippen LogP contribution is 2.40. The van der Waals surface area contributed by atoms with E-state index in [9.17, 15) is 0 Å². The van der Waals surface area contributed by atoms with Gasteiger partial charge < -0.3 is 10.2 Å². The van der Waals surface area contributed by atoms with Crippen molar-refractivity contribution in [2.24, 2.45) is 16.7 Å². The van der Waals surface area contributed by atoms with Gasteiger partial charge in [0.2, 0.25) is 0 Å². The first-order valence-corrected chi connectivity index (χ1v) is 9.26. The van der Waals surface area contributed by atoms with E-state index in [1.54, 1.807) is 0 Å². The topological polar surface area (TPSA) is 15.3 Å². The van der Waals surface area contributed by atoms with Gasteiger partial charge in [0.1, 0.15) is 0 Å². The maximum Gasteiger partial charge on any atom is 0.00504 e. The molecule has 0 aromatic carbocycles. The largest absolute Gasteiger partial charge is 0.314 e. The fourth-order valence-electron chi connectivity index (χ4n) is 4.34. The lowest BCUT2D eigenvalue weighted by molar-refractivity contribution is 0.0402. The summed E-state index contributed by atoms with van der Waals surface area (Å²) in [5, 5.41) is 3.75. The quantitative estimate of drug-likeness (QED) is 0.813. The summed E-state index contributed by atoms with van der Waals surface area (Å²) in [5.74, 6) is 0.940. The van der Waals surface area contributed by atoms with Crippen LogP contribution < -0.4 is 5.32 Å². The molecule has 2 aliphatic rings. The maximum absolute atomic E-state index is 3.75. The zero-order valence-corrected chi connectivity index (χ0v) is 15.2. The Morgan fingerprint density at radius 1 is 1.14 bits per heavy atom. The van der Waals surface area contributed by atoms with Crippen LogP contribution in [0.1, 0.15) is 73.1 Å². The van der Waals surface area contributed by atoms with Crippen LogP contribution in [0.5, 0.6) is 0 Å². The van der Waals surface area contributed by atoms with Crippen LogP contribution in [0, 0.1) is 16.7 Å². The molecule has 1 heterocycles. The predicted molar refractivity (Wildman–Crippen MR) is 92.7 cm³/mol. The molecular formula is C19H38N2. The van der Waals surface area contributed by atoms with E-state index in [1.165, 1.54) is 64.7 Å². The van der Waals surface area contributed by atoms with Crippen LogP contribution in [-0.2, 0) is 0 Å². The molecule has 2 nitrogen and oxygen atoms in total. The molecule has 2 heteroatoms. The molecule has 124 valence electrons. The second-order valence-electron chi connectivity index (χ2n) is 9.20. The first-order chi connectivity index (χ1) is 9.80. The zero-order valence-electron chi connectivity index (χ0n) is 15.2. The van der Waals surface area contributed by atoms with Gasteiger partial charge in [-0.25, -0.2) is 0 Å². The standard InChI is InChI=1S/C19H38N2/c1-16(2)20-13-19(10-7-17(3)8-11-19)15-21-12-6-9-18(4,5)14-21/h16-17,20H,6-15H2,1-5H3. The van der Waals surface area contributed by atoms with E-state index >= 15 is 0 Å². The molecule has 0 atom stereocenters. The number of hydrogen-bond acceptors (Lipinski definition) is 2. The SMILES string of the molecule is CC1CCC(CNC(C)C)(CN2CCCC(C)(C)C2)CC1. The predicted octanol–water partition coefficient (Wildman–Crippen LogP) is 4.30. The van der Waals surface area contributed by atoms with Gasteiger partial charge in [-0.3, -0.25) is 0 Å². The van der Waals surface area contributed by atoms with Crippen LogP contribution in [0.25, 0.3) is 0 Å². The Kier molecular flexibility index (Phi) is 5.76. The number of nitrogens with one attached hydrogen (secondary N) is 1. The molecule has 0 radical (unpaired) electrons. The van der Waals surface area contributed by atoms with Gasteiger partial charge in [-0.1, -0.05) is 47.5 Å². The molecular weight excluding hydrogens is 256 g/mol. The number of likely N-dealkylation sites (tertiary alicyclic amines) is 1. The fourth-order valence-corrected chi connectivity index (χ4v) is 4.34. The van der Waals surface area contributed by atoms with Crippen molar-refractivity contribution in [3.05, 3.63) is 0 Å². The van der Waals surface area contributed by atoms with E-state index in [0.717, 1.165) is 5.92 Å². The minimum Gasteiger partial charge on any atom is -0.314 e. The second-order valence-corrected chi connectivity index (χ2v) is 9.20. The van der Waals surface area contributed by atoms with Crippen molar-refractivity contribution in [1.29, 1.82) is 0 Å². The van der Waals surface area contributed by atoms with Gasteiger partial charge in [0.25, 0.3) is 0 Å². The van der Waals surface area contributed by atoms with Gasteiger partial charge in [0.05, 0.1) is 0 Å². The Labute approximate surface area is 133 Å². The molecule has 0 bridgehead atoms. The summed E-state index contributed by atoms with van der Waals surface area (Å²) in [6.45, 7) is 17.0. The number of hydrogen-bond donors (Lipinski definition) is 1. The van der Waals surface area contributed by atoms with E-state index in [1.807, 2.05) is 0 Å². The van der Waals surface area contributed by atoms with Crippen LogP contribution >= 0.6 is 0 Å². The molecule has 21 heavy (non-hydrogen) atoms. The summed E-state index contributed by atoms with van der Waals surface area (Å²) in [5.41, 5.74) is 1.05. The Bertz CT molecular complexity index is 314. The van der Waals surface area contributed by atoms with Crippen LogP contribution in [0.3, 0.4) is 0 Å². The molecule has 0 aromatic rings. The van der Waals surface area contributed by atoms with Crippen molar-refractivity contribution in [2.75, 3.05) is 26.2 Å². The van der Waals surface area contributed by atoms with Gasteiger partial charge in [-0.2, -0.15) is 0 Å². The number of piperidine rings is 1. The molecule has 1 saturated carbocycles. The molecule has 2 rings (SSSR count). The Hall–Kier alpha value is -0.0800. The molecule has 1 N–H and O–H groups in total. The molecule has 1 aliphatic heterocycles. The summed E-state index contributed by atoms with van der Waals surface area (Å²) < 4.78 is 0. The lowest BCUT2D eigenvalue weighted by atomic mass is 9.69. The lowest BCUT2D eigenvalue weighted by Crippen LogP contribution is -2.50. The van der Waals surface area contributed by atoms with Gasteiger partial charge in [-0.15, -0.1) is 0 Å². The molecule has 0 amide bonds. The monoisotopic (exact) mass is 294 g/mol. The summed E-state index contributed by atoms with van der Waals surface area (Å²) in [6.07, 6.45) is 8.48. The normalized spacial score (nSPS) is 34.3. The zero-order chi connectivity index (χ0) is 15.5. The van der Waals surface area contributed by atoms with E-state index in [4.69, 9.17) is 0 Å². The van der Waals surface area contributed by atoms with Crippen molar-refractivity contribution in [2.45, 2.75) is 79.2 Å². The van der Waals surface area contributed by atoms with E-state index in [-0.39, 0.29) is 0 Å². The van der Waals surface area contributed by atoms with Crippen LogP contribution in [0.15, 0.2) is 0 Å². The van der Waals surface area contributed by atoms with Gasteiger partial charge in [0, 0.05) is 25.7 Å². The molecule has 2 fully saturated rings. The average Bonchev–Trinajstić information content (AvgIpc) is 2.39. The lowest BCUT2D eigenvalue weighted by Gasteiger charge is -2.47. The van der Waals surface area contributed by atoms with E-state index in [2.05, 4.69) is 44.8 Å². The highest BCUT2D eigenvalue weighted by atomic mass is 15.1. The first kappa shape index (κ1) is 17.3. The van der Waals surface area contributed by atoms with Gasteiger partial charge in [-0.05, 0) is 49.0 Å². The van der Waals surface area contributed by atoms with Crippen molar-refractivity contribution in [3.8, 4) is 0 Å². The highest BCUT2D eigenvalue weighted by Gasteiger charge is 2.37. The summed E-state index contributed by atoms with van der Waals surface area (Å²) in [4.78, 5) is 2.78. The number of rotatable bonds is 5. The van der Waals surface area contributed by atoms with Gasteiger partial charge >= 0.3 is 0 Å². The van der Waals surface area contributed by atoms with E-state index < -0.39 is 0 Å². The minimum absolute atomic E-state index is 0.521. The van der Waals surface area contributed by atoms with Crippen molar-refractivity contribution < 1.29 is 0 Å². The molecule has 1 saturated heterocycles. The number of nitrogens with zero attached hydrogens (tertiary/aromatic N) is 1. The smallest absolute Gasteiger partial charge is 0.00504 e. The molecule has 0 spiro atoms. The van der Waals surface area contributed by atoms with E-state index in [0.29, 0.717) is 16.9 Å². The summed E-state index contributed by atoms with van der Waals surface area (Å²) in [7, 11) is 0. The van der Waals surface area contributed by atoms with Crippen LogP contribution in [0.2, 0.25) is 0 Å².